The molecule has 108 valence electrons. The van der Waals surface area contributed by atoms with E-state index >= 15 is 0 Å². The minimum Gasteiger partial charge on any atom is -0.394 e. The summed E-state index contributed by atoms with van der Waals surface area (Å²) in [6.45, 7) is 7.80. The van der Waals surface area contributed by atoms with Crippen LogP contribution < -0.4 is 0 Å². The van der Waals surface area contributed by atoms with E-state index in [2.05, 4.69) is 19.6 Å². The summed E-state index contributed by atoms with van der Waals surface area (Å²) in [4.78, 5) is 0. The van der Waals surface area contributed by atoms with Crippen molar-refractivity contribution in [1.82, 2.24) is 0 Å². The summed E-state index contributed by atoms with van der Waals surface area (Å²) in [5.74, 6) is 0. The van der Waals surface area contributed by atoms with Crippen molar-refractivity contribution in [2.24, 2.45) is 0 Å². The van der Waals surface area contributed by atoms with Gasteiger partial charge >= 0.3 is 0 Å². The van der Waals surface area contributed by atoms with Crippen molar-refractivity contribution in [1.29, 1.82) is 0 Å². The van der Waals surface area contributed by atoms with Crippen LogP contribution in [-0.2, 0) is 9.47 Å². The summed E-state index contributed by atoms with van der Waals surface area (Å²) >= 11 is 0. The molecule has 1 rings (SSSR count). The van der Waals surface area contributed by atoms with Gasteiger partial charge in [-0.05, 0) is 6.92 Å². The molecular formula is C11H24O6Si. The third kappa shape index (κ3) is 3.50. The van der Waals surface area contributed by atoms with Gasteiger partial charge in [-0.3, -0.25) is 0 Å². The first-order valence-corrected chi connectivity index (χ1v) is 9.72. The van der Waals surface area contributed by atoms with Gasteiger partial charge < -0.3 is 29.9 Å². The Labute approximate surface area is 108 Å². The molecule has 0 aliphatic carbocycles. The number of aliphatic hydroxyl groups is 4. The van der Waals surface area contributed by atoms with Crippen LogP contribution in [0.5, 0.6) is 0 Å². The zero-order valence-corrected chi connectivity index (χ0v) is 12.3. The second kappa shape index (κ2) is 5.95. The van der Waals surface area contributed by atoms with Crippen molar-refractivity contribution in [3.05, 3.63) is 0 Å². The molecule has 0 aromatic heterocycles. The molecular weight excluding hydrogens is 256 g/mol. The molecule has 1 unspecified atom stereocenters. The summed E-state index contributed by atoms with van der Waals surface area (Å²) < 4.78 is 10.9. The van der Waals surface area contributed by atoms with Crippen LogP contribution in [0.1, 0.15) is 6.92 Å². The zero-order valence-electron chi connectivity index (χ0n) is 11.3. The quantitative estimate of drug-likeness (QED) is 0.497. The van der Waals surface area contributed by atoms with Crippen LogP contribution in [0.25, 0.3) is 0 Å². The number of rotatable bonds is 4. The number of hydrogen-bond donors (Lipinski definition) is 4. The van der Waals surface area contributed by atoms with Crippen LogP contribution in [0.2, 0.25) is 19.6 Å². The Morgan fingerprint density at radius 3 is 2.11 bits per heavy atom. The molecule has 18 heavy (non-hydrogen) atoms. The van der Waals surface area contributed by atoms with Crippen molar-refractivity contribution in [2.75, 3.05) is 6.61 Å². The predicted molar refractivity (Wildman–Crippen MR) is 67.7 cm³/mol. The van der Waals surface area contributed by atoms with Crippen molar-refractivity contribution < 1.29 is 29.9 Å². The molecule has 0 radical (unpaired) electrons. The van der Waals surface area contributed by atoms with Crippen LogP contribution in [0.3, 0.4) is 0 Å². The van der Waals surface area contributed by atoms with Crippen LogP contribution in [0.15, 0.2) is 0 Å². The van der Waals surface area contributed by atoms with E-state index in [-0.39, 0.29) is 5.73 Å². The minimum atomic E-state index is -1.57. The molecule has 0 saturated carbocycles. The summed E-state index contributed by atoms with van der Waals surface area (Å²) in [6, 6.07) is 0. The molecule has 1 fully saturated rings. The predicted octanol–water partition coefficient (Wildman–Crippen LogP) is -0.931. The normalized spacial score (nSPS) is 39.7. The summed E-state index contributed by atoms with van der Waals surface area (Å²) in [5, 5.41) is 38.1. The third-order valence-corrected chi connectivity index (χ3v) is 5.98. The van der Waals surface area contributed by atoms with Gasteiger partial charge in [0, 0.05) is 5.73 Å². The molecule has 0 amide bonds. The van der Waals surface area contributed by atoms with Crippen LogP contribution >= 0.6 is 0 Å². The van der Waals surface area contributed by atoms with E-state index in [0.29, 0.717) is 0 Å². The SMILES string of the molecule is CC(O[C@@H]1O[C@H](CO)[C@H](O)[C@H](O)[C@H]1O)[Si](C)(C)C. The second-order valence-corrected chi connectivity index (χ2v) is 11.4. The Kier molecular flexibility index (Phi) is 5.30. The summed E-state index contributed by atoms with van der Waals surface area (Å²) in [7, 11) is -1.57. The number of hydrogen-bond acceptors (Lipinski definition) is 6. The van der Waals surface area contributed by atoms with E-state index in [0.717, 1.165) is 0 Å². The fourth-order valence-electron chi connectivity index (χ4n) is 1.59. The number of aliphatic hydroxyl groups excluding tert-OH is 4. The van der Waals surface area contributed by atoms with Gasteiger partial charge in [0.25, 0.3) is 0 Å². The first-order valence-electron chi connectivity index (χ1n) is 6.14. The van der Waals surface area contributed by atoms with Gasteiger partial charge in [0.1, 0.15) is 24.4 Å². The Morgan fingerprint density at radius 1 is 1.11 bits per heavy atom. The molecule has 0 aromatic carbocycles. The maximum atomic E-state index is 9.81. The Bertz CT molecular complexity index is 267. The molecule has 6 nitrogen and oxygen atoms in total. The average Bonchev–Trinajstić information content (AvgIpc) is 2.28. The summed E-state index contributed by atoms with van der Waals surface area (Å²) in [6.07, 6.45) is -5.98. The summed E-state index contributed by atoms with van der Waals surface area (Å²) in [5.41, 5.74) is -0.0843. The highest BCUT2D eigenvalue weighted by atomic mass is 28.3. The Hall–Kier alpha value is -0.0231. The Morgan fingerprint density at radius 2 is 1.67 bits per heavy atom. The fourth-order valence-corrected chi connectivity index (χ4v) is 2.13. The lowest BCUT2D eigenvalue weighted by molar-refractivity contribution is -0.304. The first kappa shape index (κ1) is 16.0. The lowest BCUT2D eigenvalue weighted by atomic mass is 9.99. The molecule has 0 spiro atoms. The van der Waals surface area contributed by atoms with Gasteiger partial charge in [0.2, 0.25) is 0 Å². The van der Waals surface area contributed by atoms with Crippen molar-refractivity contribution >= 4 is 8.07 Å². The first-order chi connectivity index (χ1) is 8.18. The molecule has 1 aliphatic rings. The molecule has 6 atom stereocenters. The standard InChI is InChI=1S/C11H24O6Si/c1-6(18(2,3)4)16-11-10(15)9(14)8(13)7(5-12)17-11/h6-15H,5H2,1-4H3/t6?,7-,8+,9+,10-,11-/m1/s1. The zero-order chi connectivity index (χ0) is 14.1. The number of ether oxygens (including phenoxy) is 2. The molecule has 0 aromatic rings. The van der Waals surface area contributed by atoms with Crippen molar-refractivity contribution in [2.45, 2.75) is 63.0 Å². The lowest BCUT2D eigenvalue weighted by Crippen LogP contribution is -2.60. The van der Waals surface area contributed by atoms with Crippen LogP contribution in [-0.4, -0.2) is 71.5 Å². The van der Waals surface area contributed by atoms with Crippen LogP contribution in [0.4, 0.5) is 0 Å². The van der Waals surface area contributed by atoms with Crippen molar-refractivity contribution in [3.8, 4) is 0 Å². The molecule has 0 bridgehead atoms. The highest BCUT2D eigenvalue weighted by molar-refractivity contribution is 6.77. The lowest BCUT2D eigenvalue weighted by Gasteiger charge is -2.41. The molecule has 1 heterocycles. The average molecular weight is 280 g/mol. The Balaban J connectivity index is 2.70. The van der Waals surface area contributed by atoms with E-state index in [1.807, 2.05) is 6.92 Å². The third-order valence-electron chi connectivity index (χ3n) is 3.41. The smallest absolute Gasteiger partial charge is 0.186 e. The van der Waals surface area contributed by atoms with E-state index < -0.39 is 45.4 Å². The van der Waals surface area contributed by atoms with Gasteiger partial charge in [-0.1, -0.05) is 19.6 Å². The van der Waals surface area contributed by atoms with E-state index in [9.17, 15) is 15.3 Å². The van der Waals surface area contributed by atoms with E-state index in [4.69, 9.17) is 14.6 Å². The minimum absolute atomic E-state index is 0.0843. The monoisotopic (exact) mass is 280 g/mol. The highest BCUT2D eigenvalue weighted by Crippen LogP contribution is 2.24. The maximum absolute atomic E-state index is 9.81. The topological polar surface area (TPSA) is 99.4 Å². The van der Waals surface area contributed by atoms with Gasteiger partial charge in [0.05, 0.1) is 14.7 Å². The molecule has 1 aliphatic heterocycles. The van der Waals surface area contributed by atoms with Gasteiger partial charge in [0.15, 0.2) is 6.29 Å². The van der Waals surface area contributed by atoms with Gasteiger partial charge in [-0.15, -0.1) is 0 Å². The molecule has 4 N–H and O–H groups in total. The van der Waals surface area contributed by atoms with Crippen LogP contribution in [0, 0.1) is 0 Å². The van der Waals surface area contributed by atoms with Crippen molar-refractivity contribution in [3.63, 3.8) is 0 Å². The molecule has 1 saturated heterocycles. The van der Waals surface area contributed by atoms with E-state index in [1.165, 1.54) is 0 Å². The largest absolute Gasteiger partial charge is 0.394 e. The molecule has 7 heteroatoms. The maximum Gasteiger partial charge on any atom is 0.186 e. The van der Waals surface area contributed by atoms with Gasteiger partial charge in [-0.25, -0.2) is 0 Å². The van der Waals surface area contributed by atoms with Gasteiger partial charge in [-0.2, -0.15) is 0 Å². The second-order valence-electron chi connectivity index (χ2n) is 5.84. The highest BCUT2D eigenvalue weighted by Gasteiger charge is 2.45. The van der Waals surface area contributed by atoms with E-state index in [1.54, 1.807) is 0 Å². The fraction of sp³-hybridized carbons (Fsp3) is 1.00.